The molecule has 0 saturated heterocycles. The maximum atomic E-state index is 5.11. The SMILES string of the molecule is CC#CC/C=C1/C=C(C)OSO1. The number of hydrogen-bond acceptors (Lipinski definition) is 3. The van der Waals surface area contributed by atoms with Crippen molar-refractivity contribution in [1.82, 2.24) is 0 Å². The normalized spacial score (nSPS) is 18.5. The van der Waals surface area contributed by atoms with Crippen molar-refractivity contribution >= 4 is 12.3 Å². The average Bonchev–Trinajstić information content (AvgIpc) is 2.05. The van der Waals surface area contributed by atoms with E-state index >= 15 is 0 Å². The van der Waals surface area contributed by atoms with E-state index in [2.05, 4.69) is 11.8 Å². The van der Waals surface area contributed by atoms with Crippen LogP contribution >= 0.6 is 12.3 Å². The van der Waals surface area contributed by atoms with Gasteiger partial charge < -0.3 is 8.37 Å². The third-order valence-electron chi connectivity index (χ3n) is 1.22. The first kappa shape index (κ1) is 9.08. The molecule has 0 aromatic rings. The lowest BCUT2D eigenvalue weighted by atomic mass is 10.3. The first-order chi connectivity index (χ1) is 5.83. The minimum Gasteiger partial charge on any atom is -0.396 e. The molecule has 0 aromatic carbocycles. The number of allylic oxidation sites excluding steroid dienone is 3. The second kappa shape index (κ2) is 4.78. The molecule has 1 aliphatic rings. The molecule has 12 heavy (non-hydrogen) atoms. The average molecular weight is 182 g/mol. The fourth-order valence-corrected chi connectivity index (χ4v) is 1.09. The van der Waals surface area contributed by atoms with Gasteiger partial charge in [0.05, 0.1) is 0 Å². The van der Waals surface area contributed by atoms with Gasteiger partial charge in [0.1, 0.15) is 11.5 Å². The largest absolute Gasteiger partial charge is 0.396 e. The van der Waals surface area contributed by atoms with E-state index in [4.69, 9.17) is 8.37 Å². The van der Waals surface area contributed by atoms with Crippen LogP contribution in [-0.4, -0.2) is 0 Å². The maximum Gasteiger partial charge on any atom is 0.293 e. The zero-order chi connectivity index (χ0) is 8.81. The molecule has 0 spiro atoms. The summed E-state index contributed by atoms with van der Waals surface area (Å²) in [6.07, 6.45) is 4.49. The zero-order valence-electron chi connectivity index (χ0n) is 7.09. The molecule has 0 radical (unpaired) electrons. The van der Waals surface area contributed by atoms with E-state index in [-0.39, 0.29) is 0 Å². The third-order valence-corrected chi connectivity index (χ3v) is 1.81. The highest BCUT2D eigenvalue weighted by molar-refractivity contribution is 7.90. The minimum atomic E-state index is 0.718. The Labute approximate surface area is 77.0 Å². The molecule has 3 heteroatoms. The van der Waals surface area contributed by atoms with Gasteiger partial charge in [0, 0.05) is 12.5 Å². The molecule has 2 nitrogen and oxygen atoms in total. The number of rotatable bonds is 1. The molecule has 0 N–H and O–H groups in total. The summed E-state index contributed by atoms with van der Waals surface area (Å²) < 4.78 is 10.1. The Morgan fingerprint density at radius 2 is 2.42 bits per heavy atom. The maximum absolute atomic E-state index is 5.11. The highest BCUT2D eigenvalue weighted by atomic mass is 32.2. The molecule has 0 aromatic heterocycles. The fourth-order valence-electron chi connectivity index (χ4n) is 0.705. The first-order valence-electron chi connectivity index (χ1n) is 3.62. The van der Waals surface area contributed by atoms with Gasteiger partial charge in [0.15, 0.2) is 0 Å². The van der Waals surface area contributed by atoms with Crippen LogP contribution in [-0.2, 0) is 8.37 Å². The van der Waals surface area contributed by atoms with Crippen molar-refractivity contribution < 1.29 is 8.37 Å². The van der Waals surface area contributed by atoms with Crippen molar-refractivity contribution in [3.63, 3.8) is 0 Å². The van der Waals surface area contributed by atoms with Crippen molar-refractivity contribution in [1.29, 1.82) is 0 Å². The van der Waals surface area contributed by atoms with Crippen molar-refractivity contribution in [2.45, 2.75) is 20.3 Å². The summed E-state index contributed by atoms with van der Waals surface area (Å²) in [5, 5.41) is 0. The van der Waals surface area contributed by atoms with Gasteiger partial charge in [-0.1, -0.05) is 5.92 Å². The lowest BCUT2D eigenvalue weighted by molar-refractivity contribution is 0.380. The fraction of sp³-hybridized carbons (Fsp3) is 0.333. The van der Waals surface area contributed by atoms with Crippen molar-refractivity contribution in [2.24, 2.45) is 0 Å². The molecule has 0 unspecified atom stereocenters. The van der Waals surface area contributed by atoms with Crippen LogP contribution in [0.1, 0.15) is 20.3 Å². The molecule has 0 aliphatic carbocycles. The highest BCUT2D eigenvalue weighted by Crippen LogP contribution is 2.24. The Morgan fingerprint density at radius 3 is 3.08 bits per heavy atom. The molecule has 0 saturated carbocycles. The van der Waals surface area contributed by atoms with E-state index in [9.17, 15) is 0 Å². The molecular weight excluding hydrogens is 172 g/mol. The van der Waals surface area contributed by atoms with Gasteiger partial charge in [-0.05, 0) is 19.9 Å². The summed E-state index contributed by atoms with van der Waals surface area (Å²) in [6.45, 7) is 3.70. The monoisotopic (exact) mass is 182 g/mol. The van der Waals surface area contributed by atoms with E-state index in [1.807, 2.05) is 26.0 Å². The molecule has 1 heterocycles. The summed E-state index contributed by atoms with van der Waals surface area (Å²) in [6, 6.07) is 0. The second-order valence-corrected chi connectivity index (χ2v) is 2.70. The first-order valence-corrected chi connectivity index (χ1v) is 4.29. The van der Waals surface area contributed by atoms with Gasteiger partial charge in [-0.3, -0.25) is 0 Å². The summed E-state index contributed by atoms with van der Waals surface area (Å²) in [5.41, 5.74) is 0. The molecule has 0 fully saturated rings. The minimum absolute atomic E-state index is 0.718. The van der Waals surface area contributed by atoms with Crippen LogP contribution in [0.4, 0.5) is 0 Å². The Morgan fingerprint density at radius 1 is 1.58 bits per heavy atom. The Bertz CT molecular complexity index is 268. The Hall–Kier alpha value is -1.01. The summed E-state index contributed by atoms with van der Waals surface area (Å²) in [7, 11) is 0. The molecule has 0 atom stereocenters. The van der Waals surface area contributed by atoms with Crippen LogP contribution in [0, 0.1) is 11.8 Å². The topological polar surface area (TPSA) is 18.5 Å². The van der Waals surface area contributed by atoms with Crippen LogP contribution in [0.15, 0.2) is 23.7 Å². The van der Waals surface area contributed by atoms with E-state index in [0.717, 1.165) is 30.3 Å². The van der Waals surface area contributed by atoms with E-state index in [1.54, 1.807) is 0 Å². The quantitative estimate of drug-likeness (QED) is 0.459. The standard InChI is InChI=1S/C9H10O2S/c1-3-4-5-6-9-7-8(2)10-12-11-9/h6-7H,5H2,1-2H3/b9-6-. The van der Waals surface area contributed by atoms with E-state index in [0.29, 0.717) is 0 Å². The Balaban J connectivity index is 2.54. The smallest absolute Gasteiger partial charge is 0.293 e. The van der Waals surface area contributed by atoms with Gasteiger partial charge >= 0.3 is 0 Å². The van der Waals surface area contributed by atoms with Crippen LogP contribution in [0.2, 0.25) is 0 Å². The summed E-state index contributed by atoms with van der Waals surface area (Å²) in [5.74, 6) is 7.39. The van der Waals surface area contributed by atoms with Crippen LogP contribution in [0.5, 0.6) is 0 Å². The predicted octanol–water partition coefficient (Wildman–Crippen LogP) is 2.80. The van der Waals surface area contributed by atoms with Crippen LogP contribution < -0.4 is 0 Å². The van der Waals surface area contributed by atoms with Gasteiger partial charge in [-0.25, -0.2) is 0 Å². The van der Waals surface area contributed by atoms with Crippen molar-refractivity contribution in [2.75, 3.05) is 0 Å². The zero-order valence-corrected chi connectivity index (χ0v) is 7.90. The molecule has 0 amide bonds. The predicted molar refractivity (Wildman–Crippen MR) is 49.7 cm³/mol. The molecule has 64 valence electrons. The van der Waals surface area contributed by atoms with Gasteiger partial charge in [0.2, 0.25) is 0 Å². The molecule has 0 bridgehead atoms. The van der Waals surface area contributed by atoms with Gasteiger partial charge in [-0.15, -0.1) is 5.92 Å². The summed E-state index contributed by atoms with van der Waals surface area (Å²) in [4.78, 5) is 0. The van der Waals surface area contributed by atoms with Gasteiger partial charge in [-0.2, -0.15) is 0 Å². The molecular formula is C9H10O2S. The molecule has 1 rings (SSSR count). The summed E-state index contributed by atoms with van der Waals surface area (Å²) >= 11 is 0.984. The molecule has 1 aliphatic heterocycles. The highest BCUT2D eigenvalue weighted by Gasteiger charge is 2.05. The Kier molecular flexibility index (Phi) is 3.62. The lowest BCUT2D eigenvalue weighted by Crippen LogP contribution is -1.91. The van der Waals surface area contributed by atoms with E-state index in [1.165, 1.54) is 0 Å². The van der Waals surface area contributed by atoms with Crippen LogP contribution in [0.25, 0.3) is 0 Å². The van der Waals surface area contributed by atoms with Crippen LogP contribution in [0.3, 0.4) is 0 Å². The van der Waals surface area contributed by atoms with E-state index < -0.39 is 0 Å². The third kappa shape index (κ3) is 2.93. The van der Waals surface area contributed by atoms with Gasteiger partial charge in [0.25, 0.3) is 12.3 Å². The van der Waals surface area contributed by atoms with Crippen molar-refractivity contribution in [3.05, 3.63) is 23.7 Å². The lowest BCUT2D eigenvalue weighted by Gasteiger charge is -2.10. The second-order valence-electron chi connectivity index (χ2n) is 2.23. The van der Waals surface area contributed by atoms with Crippen molar-refractivity contribution in [3.8, 4) is 11.8 Å². The number of hydrogen-bond donors (Lipinski definition) is 0.